The standard InChI is InChI=1S/C11H9Cl2N/c1-6-5-14-10-4-8(12)3-9(13)11(10)7(6)2/h3-5H,1-2H3. The van der Waals surface area contributed by atoms with Crippen LogP contribution in [0.5, 0.6) is 0 Å². The van der Waals surface area contributed by atoms with Gasteiger partial charge in [0.05, 0.1) is 10.5 Å². The van der Waals surface area contributed by atoms with Crippen LogP contribution >= 0.6 is 23.2 Å². The van der Waals surface area contributed by atoms with Crippen molar-refractivity contribution in [3.63, 3.8) is 0 Å². The first kappa shape index (κ1) is 9.75. The fraction of sp³-hybridized carbons (Fsp3) is 0.182. The number of benzene rings is 1. The summed E-state index contributed by atoms with van der Waals surface area (Å²) in [6.07, 6.45) is 1.84. The fourth-order valence-electron chi connectivity index (χ4n) is 1.49. The molecule has 0 saturated carbocycles. The lowest BCUT2D eigenvalue weighted by Crippen LogP contribution is -1.88. The van der Waals surface area contributed by atoms with Crippen molar-refractivity contribution in [3.05, 3.63) is 39.5 Å². The Morgan fingerprint density at radius 2 is 1.86 bits per heavy atom. The molecule has 0 unspecified atom stereocenters. The van der Waals surface area contributed by atoms with Gasteiger partial charge in [0.2, 0.25) is 0 Å². The van der Waals surface area contributed by atoms with Crippen LogP contribution in [0.3, 0.4) is 0 Å². The van der Waals surface area contributed by atoms with E-state index in [0.29, 0.717) is 10.0 Å². The van der Waals surface area contributed by atoms with E-state index >= 15 is 0 Å². The number of fused-ring (bicyclic) bond motifs is 1. The summed E-state index contributed by atoms with van der Waals surface area (Å²) < 4.78 is 0. The molecule has 14 heavy (non-hydrogen) atoms. The van der Waals surface area contributed by atoms with E-state index in [1.165, 1.54) is 0 Å². The first-order chi connectivity index (χ1) is 6.59. The van der Waals surface area contributed by atoms with E-state index in [9.17, 15) is 0 Å². The number of aromatic nitrogens is 1. The second kappa shape index (κ2) is 3.41. The van der Waals surface area contributed by atoms with Gasteiger partial charge in [0, 0.05) is 16.6 Å². The van der Waals surface area contributed by atoms with Gasteiger partial charge in [0.1, 0.15) is 0 Å². The van der Waals surface area contributed by atoms with Gasteiger partial charge < -0.3 is 0 Å². The van der Waals surface area contributed by atoms with Crippen LogP contribution < -0.4 is 0 Å². The van der Waals surface area contributed by atoms with Gasteiger partial charge in [0.25, 0.3) is 0 Å². The minimum atomic E-state index is 0.623. The topological polar surface area (TPSA) is 12.9 Å². The van der Waals surface area contributed by atoms with E-state index in [1.54, 1.807) is 6.07 Å². The van der Waals surface area contributed by atoms with E-state index in [0.717, 1.165) is 22.0 Å². The highest BCUT2D eigenvalue weighted by atomic mass is 35.5. The van der Waals surface area contributed by atoms with Crippen molar-refractivity contribution in [2.45, 2.75) is 13.8 Å². The quantitative estimate of drug-likeness (QED) is 0.657. The summed E-state index contributed by atoms with van der Waals surface area (Å²) in [6.45, 7) is 4.06. The zero-order chi connectivity index (χ0) is 10.3. The van der Waals surface area contributed by atoms with Gasteiger partial charge in [-0.15, -0.1) is 0 Å². The molecular formula is C11H9Cl2N. The number of aryl methyl sites for hydroxylation is 2. The van der Waals surface area contributed by atoms with Crippen molar-refractivity contribution >= 4 is 34.1 Å². The minimum Gasteiger partial charge on any atom is -0.256 e. The van der Waals surface area contributed by atoms with Gasteiger partial charge in [0.15, 0.2) is 0 Å². The van der Waals surface area contributed by atoms with Crippen LogP contribution in [-0.4, -0.2) is 4.98 Å². The summed E-state index contributed by atoms with van der Waals surface area (Å²) in [7, 11) is 0. The Morgan fingerprint density at radius 3 is 2.57 bits per heavy atom. The zero-order valence-electron chi connectivity index (χ0n) is 7.94. The Hall–Kier alpha value is -0.790. The predicted octanol–water partition coefficient (Wildman–Crippen LogP) is 4.16. The van der Waals surface area contributed by atoms with Crippen molar-refractivity contribution in [2.75, 3.05) is 0 Å². The van der Waals surface area contributed by atoms with E-state index in [-0.39, 0.29) is 0 Å². The van der Waals surface area contributed by atoms with Crippen LogP contribution in [0.15, 0.2) is 18.3 Å². The molecule has 1 nitrogen and oxygen atoms in total. The van der Waals surface area contributed by atoms with Crippen molar-refractivity contribution in [3.8, 4) is 0 Å². The highest BCUT2D eigenvalue weighted by molar-refractivity contribution is 6.38. The molecule has 0 N–H and O–H groups in total. The van der Waals surface area contributed by atoms with Crippen LogP contribution in [0.2, 0.25) is 10.0 Å². The Morgan fingerprint density at radius 1 is 1.14 bits per heavy atom. The lowest BCUT2D eigenvalue weighted by Gasteiger charge is -2.06. The van der Waals surface area contributed by atoms with Crippen LogP contribution in [0.1, 0.15) is 11.1 Å². The molecule has 1 heterocycles. The largest absolute Gasteiger partial charge is 0.256 e. The predicted molar refractivity (Wildman–Crippen MR) is 61.2 cm³/mol. The second-order valence-electron chi connectivity index (χ2n) is 3.35. The van der Waals surface area contributed by atoms with Gasteiger partial charge in [-0.1, -0.05) is 23.2 Å². The van der Waals surface area contributed by atoms with Crippen molar-refractivity contribution < 1.29 is 0 Å². The minimum absolute atomic E-state index is 0.623. The molecule has 0 amide bonds. The summed E-state index contributed by atoms with van der Waals surface area (Å²) in [5, 5.41) is 2.29. The molecule has 2 rings (SSSR count). The molecule has 0 bridgehead atoms. The van der Waals surface area contributed by atoms with Gasteiger partial charge in [-0.25, -0.2) is 0 Å². The lowest BCUT2D eigenvalue weighted by molar-refractivity contribution is 1.28. The Kier molecular flexibility index (Phi) is 2.38. The molecule has 0 fully saturated rings. The average Bonchev–Trinajstić information content (AvgIpc) is 2.10. The first-order valence-electron chi connectivity index (χ1n) is 4.30. The highest BCUT2D eigenvalue weighted by Gasteiger charge is 2.06. The average molecular weight is 226 g/mol. The van der Waals surface area contributed by atoms with Gasteiger partial charge in [-0.2, -0.15) is 0 Å². The molecule has 0 radical (unpaired) electrons. The van der Waals surface area contributed by atoms with Gasteiger partial charge in [-0.05, 0) is 37.1 Å². The maximum atomic E-state index is 6.12. The molecule has 0 aliphatic heterocycles. The van der Waals surface area contributed by atoms with Gasteiger partial charge >= 0.3 is 0 Å². The molecule has 0 spiro atoms. The Bertz CT molecular complexity index is 506. The Balaban J connectivity index is 2.95. The van der Waals surface area contributed by atoms with Gasteiger partial charge in [-0.3, -0.25) is 4.98 Å². The molecule has 0 aliphatic rings. The van der Waals surface area contributed by atoms with Crippen molar-refractivity contribution in [1.29, 1.82) is 0 Å². The number of pyridine rings is 1. The molecule has 72 valence electrons. The van der Waals surface area contributed by atoms with E-state index in [2.05, 4.69) is 4.98 Å². The van der Waals surface area contributed by atoms with E-state index in [1.807, 2.05) is 26.1 Å². The molecule has 0 atom stereocenters. The third kappa shape index (κ3) is 1.47. The molecule has 1 aromatic heterocycles. The zero-order valence-corrected chi connectivity index (χ0v) is 9.45. The molecular weight excluding hydrogens is 217 g/mol. The van der Waals surface area contributed by atoms with Crippen LogP contribution in [-0.2, 0) is 0 Å². The third-order valence-corrected chi connectivity index (χ3v) is 2.91. The summed E-state index contributed by atoms with van der Waals surface area (Å²) >= 11 is 12.0. The lowest BCUT2D eigenvalue weighted by atomic mass is 10.1. The maximum absolute atomic E-state index is 6.12. The smallest absolute Gasteiger partial charge is 0.0734 e. The molecule has 1 aromatic carbocycles. The SMILES string of the molecule is Cc1cnc2cc(Cl)cc(Cl)c2c1C. The van der Waals surface area contributed by atoms with E-state index < -0.39 is 0 Å². The summed E-state index contributed by atoms with van der Waals surface area (Å²) in [4.78, 5) is 4.29. The second-order valence-corrected chi connectivity index (χ2v) is 4.19. The Labute approximate surface area is 92.7 Å². The van der Waals surface area contributed by atoms with E-state index in [4.69, 9.17) is 23.2 Å². The molecule has 2 aromatic rings. The molecule has 0 saturated heterocycles. The number of hydrogen-bond acceptors (Lipinski definition) is 1. The summed E-state index contributed by atoms with van der Waals surface area (Å²) in [5.74, 6) is 0. The number of halogens is 2. The highest BCUT2D eigenvalue weighted by Crippen LogP contribution is 2.30. The van der Waals surface area contributed by atoms with Crippen LogP contribution in [0, 0.1) is 13.8 Å². The number of rotatable bonds is 0. The molecule has 0 aliphatic carbocycles. The van der Waals surface area contributed by atoms with Crippen LogP contribution in [0.25, 0.3) is 10.9 Å². The molecule has 3 heteroatoms. The monoisotopic (exact) mass is 225 g/mol. The third-order valence-electron chi connectivity index (χ3n) is 2.40. The summed E-state index contributed by atoms with van der Waals surface area (Å²) in [6, 6.07) is 3.58. The first-order valence-corrected chi connectivity index (χ1v) is 5.06. The van der Waals surface area contributed by atoms with Crippen molar-refractivity contribution in [1.82, 2.24) is 4.98 Å². The van der Waals surface area contributed by atoms with Crippen LogP contribution in [0.4, 0.5) is 0 Å². The normalized spacial score (nSPS) is 10.9. The number of hydrogen-bond donors (Lipinski definition) is 0. The van der Waals surface area contributed by atoms with Crippen molar-refractivity contribution in [2.24, 2.45) is 0 Å². The maximum Gasteiger partial charge on any atom is 0.0734 e. The fourth-order valence-corrected chi connectivity index (χ4v) is 2.12. The number of nitrogens with zero attached hydrogens (tertiary/aromatic N) is 1. The summed E-state index contributed by atoms with van der Waals surface area (Å²) in [5.41, 5.74) is 3.16.